The van der Waals surface area contributed by atoms with Crippen LogP contribution in [0.2, 0.25) is 0 Å². The van der Waals surface area contributed by atoms with E-state index in [0.29, 0.717) is 37.9 Å². The predicted molar refractivity (Wildman–Crippen MR) is 83.2 cm³/mol. The van der Waals surface area contributed by atoms with Crippen molar-refractivity contribution in [3.05, 3.63) is 29.8 Å². The highest BCUT2D eigenvalue weighted by atomic mass is 16.5. The van der Waals surface area contributed by atoms with Crippen LogP contribution in [0.1, 0.15) is 36.5 Å². The third-order valence-corrected chi connectivity index (χ3v) is 5.02. The summed E-state index contributed by atoms with van der Waals surface area (Å²) in [6.07, 6.45) is 0.784. The second-order valence-electron chi connectivity index (χ2n) is 6.88. The molecule has 1 spiro atoms. The topological polar surface area (TPSA) is 90.2 Å². The summed E-state index contributed by atoms with van der Waals surface area (Å²) >= 11 is 0. The number of amides is 1. The highest BCUT2D eigenvalue weighted by Gasteiger charge is 2.48. The Hall–Kier alpha value is -1.63. The molecule has 1 aromatic rings. The van der Waals surface area contributed by atoms with Crippen LogP contribution in [0.15, 0.2) is 24.3 Å². The van der Waals surface area contributed by atoms with Crippen molar-refractivity contribution in [3.8, 4) is 5.75 Å². The van der Waals surface area contributed by atoms with E-state index in [1.807, 2.05) is 0 Å². The lowest BCUT2D eigenvalue weighted by molar-refractivity contribution is -0.221. The number of phenols is 1. The van der Waals surface area contributed by atoms with Crippen LogP contribution in [-0.4, -0.2) is 63.1 Å². The van der Waals surface area contributed by atoms with Gasteiger partial charge in [-0.2, -0.15) is 0 Å². The standard InChI is InChI=1S/C17H23NO5/c1-16(22)11-17(23-10-14(16)20)6-8-18(9-7-17)15(21)12-2-4-13(19)5-3-12/h2-5,14,19-20,22H,6-11H2,1H3/t14-,16-/m0/s1. The fourth-order valence-electron chi connectivity index (χ4n) is 3.48. The molecule has 0 saturated carbocycles. The first-order valence-electron chi connectivity index (χ1n) is 7.94. The smallest absolute Gasteiger partial charge is 0.253 e. The maximum atomic E-state index is 12.5. The van der Waals surface area contributed by atoms with Gasteiger partial charge in [-0.3, -0.25) is 4.79 Å². The maximum absolute atomic E-state index is 12.5. The van der Waals surface area contributed by atoms with Crippen LogP contribution >= 0.6 is 0 Å². The van der Waals surface area contributed by atoms with E-state index in [4.69, 9.17) is 4.74 Å². The molecule has 3 N–H and O–H groups in total. The zero-order valence-corrected chi connectivity index (χ0v) is 13.2. The first kappa shape index (κ1) is 16.2. The quantitative estimate of drug-likeness (QED) is 0.715. The molecule has 0 aromatic heterocycles. The van der Waals surface area contributed by atoms with Crippen molar-refractivity contribution in [2.45, 2.75) is 43.5 Å². The zero-order valence-electron chi connectivity index (χ0n) is 13.2. The zero-order chi connectivity index (χ0) is 16.7. The van der Waals surface area contributed by atoms with Crippen LogP contribution in [0.4, 0.5) is 0 Å². The molecule has 0 radical (unpaired) electrons. The van der Waals surface area contributed by atoms with Gasteiger partial charge in [0.1, 0.15) is 11.9 Å². The van der Waals surface area contributed by atoms with Gasteiger partial charge in [-0.15, -0.1) is 0 Å². The van der Waals surface area contributed by atoms with E-state index in [1.165, 1.54) is 12.1 Å². The average molecular weight is 321 g/mol. The van der Waals surface area contributed by atoms with E-state index in [1.54, 1.807) is 24.0 Å². The number of phenolic OH excluding ortho intramolecular Hbond substituents is 1. The molecule has 1 aromatic carbocycles. The molecule has 2 aliphatic heterocycles. The van der Waals surface area contributed by atoms with Crippen LogP contribution in [0, 0.1) is 0 Å². The number of nitrogens with zero attached hydrogens (tertiary/aromatic N) is 1. The lowest BCUT2D eigenvalue weighted by Crippen LogP contribution is -2.59. The summed E-state index contributed by atoms with van der Waals surface area (Å²) < 4.78 is 5.82. The Morgan fingerprint density at radius 3 is 2.43 bits per heavy atom. The molecule has 23 heavy (non-hydrogen) atoms. The van der Waals surface area contributed by atoms with Gasteiger partial charge in [0.25, 0.3) is 5.91 Å². The third kappa shape index (κ3) is 3.20. The van der Waals surface area contributed by atoms with Crippen molar-refractivity contribution in [3.63, 3.8) is 0 Å². The number of likely N-dealkylation sites (tertiary alicyclic amines) is 1. The van der Waals surface area contributed by atoms with Crippen molar-refractivity contribution < 1.29 is 24.9 Å². The van der Waals surface area contributed by atoms with E-state index in [0.717, 1.165) is 0 Å². The van der Waals surface area contributed by atoms with E-state index in [-0.39, 0.29) is 18.3 Å². The SMILES string of the molecule is C[C@]1(O)CC2(CCN(C(=O)c3ccc(O)cc3)CC2)OC[C@@H]1O. The molecule has 6 nitrogen and oxygen atoms in total. The lowest BCUT2D eigenvalue weighted by atomic mass is 9.76. The summed E-state index contributed by atoms with van der Waals surface area (Å²) in [5.41, 5.74) is -1.07. The monoisotopic (exact) mass is 321 g/mol. The molecule has 2 aliphatic rings. The minimum atomic E-state index is -1.15. The molecule has 2 heterocycles. The molecule has 2 saturated heterocycles. The Balaban J connectivity index is 1.64. The maximum Gasteiger partial charge on any atom is 0.253 e. The lowest BCUT2D eigenvalue weighted by Gasteiger charge is -2.49. The number of carbonyl (C=O) groups is 1. The number of aliphatic hydroxyl groups is 2. The second-order valence-corrected chi connectivity index (χ2v) is 6.88. The summed E-state index contributed by atoms with van der Waals surface area (Å²) in [5, 5.41) is 29.4. The molecular weight excluding hydrogens is 298 g/mol. The predicted octanol–water partition coefficient (Wildman–Crippen LogP) is 0.899. The van der Waals surface area contributed by atoms with Crippen molar-refractivity contribution in [1.82, 2.24) is 4.90 Å². The van der Waals surface area contributed by atoms with Crippen molar-refractivity contribution in [2.24, 2.45) is 0 Å². The molecule has 0 unspecified atom stereocenters. The third-order valence-electron chi connectivity index (χ3n) is 5.02. The van der Waals surface area contributed by atoms with Crippen LogP contribution in [0.25, 0.3) is 0 Å². The van der Waals surface area contributed by atoms with Gasteiger partial charge in [0, 0.05) is 25.1 Å². The van der Waals surface area contributed by atoms with Gasteiger partial charge in [0.2, 0.25) is 0 Å². The summed E-state index contributed by atoms with van der Waals surface area (Å²) in [6, 6.07) is 6.23. The number of ether oxygens (including phenoxy) is 1. The molecule has 6 heteroatoms. The molecule has 0 bridgehead atoms. The van der Waals surface area contributed by atoms with Gasteiger partial charge < -0.3 is 25.0 Å². The molecule has 0 aliphatic carbocycles. The van der Waals surface area contributed by atoms with Crippen molar-refractivity contribution >= 4 is 5.91 Å². The minimum Gasteiger partial charge on any atom is -0.508 e. The van der Waals surface area contributed by atoms with Crippen molar-refractivity contribution in [1.29, 1.82) is 0 Å². The van der Waals surface area contributed by atoms with Gasteiger partial charge in [-0.05, 0) is 44.0 Å². The van der Waals surface area contributed by atoms with Crippen LogP contribution in [-0.2, 0) is 4.74 Å². The van der Waals surface area contributed by atoms with Gasteiger partial charge in [-0.1, -0.05) is 0 Å². The minimum absolute atomic E-state index is 0.0672. The normalized spacial score (nSPS) is 30.4. The van der Waals surface area contributed by atoms with E-state index < -0.39 is 17.3 Å². The Morgan fingerprint density at radius 1 is 1.26 bits per heavy atom. The molecule has 2 atom stereocenters. The van der Waals surface area contributed by atoms with E-state index in [9.17, 15) is 20.1 Å². The number of carbonyl (C=O) groups excluding carboxylic acids is 1. The number of hydrogen-bond acceptors (Lipinski definition) is 5. The molecule has 126 valence electrons. The van der Waals surface area contributed by atoms with E-state index >= 15 is 0 Å². The molecule has 2 fully saturated rings. The van der Waals surface area contributed by atoms with Crippen LogP contribution in [0.5, 0.6) is 5.75 Å². The Kier molecular flexibility index (Phi) is 4.08. The highest BCUT2D eigenvalue weighted by Crippen LogP contribution is 2.39. The van der Waals surface area contributed by atoms with Crippen molar-refractivity contribution in [2.75, 3.05) is 19.7 Å². The average Bonchev–Trinajstić information content (AvgIpc) is 2.52. The van der Waals surface area contributed by atoms with E-state index in [2.05, 4.69) is 0 Å². The summed E-state index contributed by atoms with van der Waals surface area (Å²) in [7, 11) is 0. The number of hydrogen-bond donors (Lipinski definition) is 3. The summed E-state index contributed by atoms with van der Waals surface area (Å²) in [6.45, 7) is 2.85. The number of piperidine rings is 1. The number of rotatable bonds is 1. The number of benzene rings is 1. The summed E-state index contributed by atoms with van der Waals surface area (Å²) in [4.78, 5) is 14.2. The Morgan fingerprint density at radius 2 is 1.87 bits per heavy atom. The van der Waals surface area contributed by atoms with Gasteiger partial charge in [-0.25, -0.2) is 0 Å². The largest absolute Gasteiger partial charge is 0.508 e. The van der Waals surface area contributed by atoms with Crippen LogP contribution < -0.4 is 0 Å². The highest BCUT2D eigenvalue weighted by molar-refractivity contribution is 5.94. The molecule has 3 rings (SSSR count). The fraction of sp³-hybridized carbons (Fsp3) is 0.588. The first-order valence-corrected chi connectivity index (χ1v) is 7.94. The van der Waals surface area contributed by atoms with Gasteiger partial charge >= 0.3 is 0 Å². The number of aromatic hydroxyl groups is 1. The molecular formula is C17H23NO5. The molecule has 1 amide bonds. The second kappa shape index (κ2) is 5.78. The summed E-state index contributed by atoms with van der Waals surface area (Å²) in [5.74, 6) is 0.0676. The van der Waals surface area contributed by atoms with Gasteiger partial charge in [0.15, 0.2) is 0 Å². The van der Waals surface area contributed by atoms with Gasteiger partial charge in [0.05, 0.1) is 17.8 Å². The Bertz CT molecular complexity index is 575. The number of aliphatic hydroxyl groups excluding tert-OH is 1. The first-order chi connectivity index (χ1) is 10.8. The fourth-order valence-corrected chi connectivity index (χ4v) is 3.48. The Labute approximate surface area is 135 Å². The van der Waals surface area contributed by atoms with Crippen LogP contribution in [0.3, 0.4) is 0 Å².